The lowest BCUT2D eigenvalue weighted by Gasteiger charge is -2.14. The summed E-state index contributed by atoms with van der Waals surface area (Å²) in [4.78, 5) is 23.7. The highest BCUT2D eigenvalue weighted by Gasteiger charge is 2.28. The van der Waals surface area contributed by atoms with Gasteiger partial charge in [0, 0.05) is 12.5 Å². The van der Waals surface area contributed by atoms with Crippen LogP contribution in [0.5, 0.6) is 5.75 Å². The molecule has 0 radical (unpaired) electrons. The van der Waals surface area contributed by atoms with E-state index in [0.717, 1.165) is 5.56 Å². The van der Waals surface area contributed by atoms with Gasteiger partial charge in [0.2, 0.25) is 0 Å². The van der Waals surface area contributed by atoms with E-state index < -0.39 is 12.1 Å². The SMILES string of the molecule is COC(=O)c1ccc(C=CCCNC(=O)OCC2c3ccccc3-c3ccccc32)cc1O. The number of hydrogen-bond donors (Lipinski definition) is 2. The van der Waals surface area contributed by atoms with Gasteiger partial charge in [0.1, 0.15) is 17.9 Å². The summed E-state index contributed by atoms with van der Waals surface area (Å²) >= 11 is 0. The van der Waals surface area contributed by atoms with Gasteiger partial charge in [-0.1, -0.05) is 66.7 Å². The lowest BCUT2D eigenvalue weighted by molar-refractivity contribution is 0.0597. The number of phenols is 1. The third kappa shape index (κ3) is 4.90. The fourth-order valence-electron chi connectivity index (χ4n) is 4.06. The molecule has 2 N–H and O–H groups in total. The van der Waals surface area contributed by atoms with E-state index in [9.17, 15) is 14.7 Å². The number of methoxy groups -OCH3 is 1. The fourth-order valence-corrected chi connectivity index (χ4v) is 4.06. The van der Waals surface area contributed by atoms with Crippen LogP contribution in [-0.4, -0.2) is 37.4 Å². The number of rotatable bonds is 7. The summed E-state index contributed by atoms with van der Waals surface area (Å²) in [5.74, 6) is -0.695. The van der Waals surface area contributed by atoms with Crippen molar-refractivity contribution < 1.29 is 24.2 Å². The Kier molecular flexibility index (Phi) is 6.74. The second kappa shape index (κ2) is 10.0. The normalized spacial score (nSPS) is 12.3. The number of esters is 1. The minimum absolute atomic E-state index is 0.0312. The Morgan fingerprint density at radius 1 is 1.00 bits per heavy atom. The standard InChI is InChI=1S/C27H25NO5/c1-32-26(30)23-14-13-18(16-25(23)29)8-6-7-15-28-27(31)33-17-24-21-11-4-2-9-19(21)20-10-3-5-12-22(20)24/h2-6,8-14,16,24,29H,7,15,17H2,1H3,(H,28,31). The molecule has 0 saturated heterocycles. The molecule has 168 valence electrons. The molecule has 0 saturated carbocycles. The van der Waals surface area contributed by atoms with Crippen LogP contribution in [0.1, 0.15) is 39.4 Å². The Labute approximate surface area is 192 Å². The number of nitrogens with one attached hydrogen (secondary N) is 1. The van der Waals surface area contributed by atoms with Crippen LogP contribution in [0.15, 0.2) is 72.8 Å². The van der Waals surface area contributed by atoms with Gasteiger partial charge in [-0.05, 0) is 46.4 Å². The highest BCUT2D eigenvalue weighted by Crippen LogP contribution is 2.44. The van der Waals surface area contributed by atoms with Gasteiger partial charge >= 0.3 is 12.1 Å². The van der Waals surface area contributed by atoms with Crippen molar-refractivity contribution in [2.45, 2.75) is 12.3 Å². The van der Waals surface area contributed by atoms with Gasteiger partial charge in [0.25, 0.3) is 0 Å². The van der Waals surface area contributed by atoms with E-state index in [0.29, 0.717) is 13.0 Å². The first kappa shape index (κ1) is 22.1. The Bertz CT molecular complexity index is 1160. The van der Waals surface area contributed by atoms with Crippen LogP contribution in [0.3, 0.4) is 0 Å². The summed E-state index contributed by atoms with van der Waals surface area (Å²) in [5.41, 5.74) is 5.59. The lowest BCUT2D eigenvalue weighted by atomic mass is 9.98. The summed E-state index contributed by atoms with van der Waals surface area (Å²) in [6, 6.07) is 21.1. The number of amides is 1. The third-order valence-electron chi connectivity index (χ3n) is 5.66. The zero-order chi connectivity index (χ0) is 23.2. The molecule has 3 aromatic carbocycles. The highest BCUT2D eigenvalue weighted by atomic mass is 16.5. The van der Waals surface area contributed by atoms with E-state index in [4.69, 9.17) is 4.74 Å². The molecule has 3 aromatic rings. The third-order valence-corrected chi connectivity index (χ3v) is 5.66. The number of alkyl carbamates (subject to hydrolysis) is 1. The molecule has 0 bridgehead atoms. The number of hydrogen-bond acceptors (Lipinski definition) is 5. The molecule has 33 heavy (non-hydrogen) atoms. The van der Waals surface area contributed by atoms with Crippen molar-refractivity contribution >= 4 is 18.1 Å². The van der Waals surface area contributed by atoms with Crippen molar-refractivity contribution in [2.75, 3.05) is 20.3 Å². The number of carbonyl (C=O) groups excluding carboxylic acids is 2. The monoisotopic (exact) mass is 443 g/mol. The summed E-state index contributed by atoms with van der Waals surface area (Å²) in [6.07, 6.45) is 3.81. The quantitative estimate of drug-likeness (QED) is 0.391. The van der Waals surface area contributed by atoms with Gasteiger partial charge in [0.05, 0.1) is 7.11 Å². The molecule has 0 heterocycles. The number of fused-ring (bicyclic) bond motifs is 3. The van der Waals surface area contributed by atoms with Crippen LogP contribution in [0.4, 0.5) is 4.79 Å². The second-order valence-corrected chi connectivity index (χ2v) is 7.71. The molecule has 6 heteroatoms. The Morgan fingerprint density at radius 2 is 1.67 bits per heavy atom. The molecule has 0 aromatic heterocycles. The Morgan fingerprint density at radius 3 is 2.30 bits per heavy atom. The maximum absolute atomic E-state index is 12.2. The molecule has 0 unspecified atom stereocenters. The van der Waals surface area contributed by atoms with Crippen LogP contribution in [0, 0.1) is 0 Å². The summed E-state index contributed by atoms with van der Waals surface area (Å²) < 4.78 is 10.1. The van der Waals surface area contributed by atoms with Crippen molar-refractivity contribution in [3.8, 4) is 16.9 Å². The van der Waals surface area contributed by atoms with Crippen LogP contribution in [-0.2, 0) is 9.47 Å². The van der Waals surface area contributed by atoms with Gasteiger partial charge in [-0.3, -0.25) is 0 Å². The van der Waals surface area contributed by atoms with E-state index in [2.05, 4.69) is 34.3 Å². The Hall–Kier alpha value is -4.06. The highest BCUT2D eigenvalue weighted by molar-refractivity contribution is 5.92. The Balaban J connectivity index is 1.25. The molecule has 1 aliphatic rings. The molecule has 6 nitrogen and oxygen atoms in total. The number of phenolic OH excluding ortho intramolecular Hbond substituents is 1. The van der Waals surface area contributed by atoms with Crippen molar-refractivity contribution in [2.24, 2.45) is 0 Å². The fraction of sp³-hybridized carbons (Fsp3) is 0.185. The van der Waals surface area contributed by atoms with E-state index in [1.807, 2.05) is 30.3 Å². The van der Waals surface area contributed by atoms with Crippen LogP contribution in [0.25, 0.3) is 17.2 Å². The first-order chi connectivity index (χ1) is 16.1. The van der Waals surface area contributed by atoms with Crippen LogP contribution >= 0.6 is 0 Å². The predicted molar refractivity (Wildman–Crippen MR) is 126 cm³/mol. The average molecular weight is 443 g/mol. The molecule has 0 atom stereocenters. The largest absolute Gasteiger partial charge is 0.507 e. The second-order valence-electron chi connectivity index (χ2n) is 7.71. The van der Waals surface area contributed by atoms with Gasteiger partial charge in [-0.15, -0.1) is 0 Å². The number of carbonyl (C=O) groups is 2. The van der Waals surface area contributed by atoms with Gasteiger partial charge in [-0.25, -0.2) is 9.59 Å². The molecule has 0 spiro atoms. The zero-order valence-electron chi connectivity index (χ0n) is 18.3. The van der Waals surface area contributed by atoms with Crippen LogP contribution in [0.2, 0.25) is 0 Å². The van der Waals surface area contributed by atoms with E-state index >= 15 is 0 Å². The number of aromatic hydroxyl groups is 1. The lowest BCUT2D eigenvalue weighted by Crippen LogP contribution is -2.26. The van der Waals surface area contributed by atoms with Gasteiger partial charge in [-0.2, -0.15) is 0 Å². The molecule has 1 aliphatic carbocycles. The summed E-state index contributed by atoms with van der Waals surface area (Å²) in [5, 5.41) is 12.7. The minimum atomic E-state index is -0.588. The van der Waals surface area contributed by atoms with Crippen molar-refractivity contribution in [3.63, 3.8) is 0 Å². The summed E-state index contributed by atoms with van der Waals surface area (Å²) in [7, 11) is 1.26. The molecule has 4 rings (SSSR count). The van der Waals surface area contributed by atoms with Gasteiger partial charge < -0.3 is 19.9 Å². The van der Waals surface area contributed by atoms with Crippen LogP contribution < -0.4 is 5.32 Å². The van der Waals surface area contributed by atoms with Crippen molar-refractivity contribution in [1.82, 2.24) is 5.32 Å². The maximum Gasteiger partial charge on any atom is 0.407 e. The average Bonchev–Trinajstić information content (AvgIpc) is 3.16. The molecular formula is C27H25NO5. The maximum atomic E-state index is 12.2. The zero-order valence-corrected chi connectivity index (χ0v) is 18.3. The first-order valence-electron chi connectivity index (χ1n) is 10.7. The molecular weight excluding hydrogens is 418 g/mol. The van der Waals surface area contributed by atoms with E-state index in [1.54, 1.807) is 12.1 Å². The number of benzene rings is 3. The molecule has 1 amide bonds. The minimum Gasteiger partial charge on any atom is -0.507 e. The van der Waals surface area contributed by atoms with E-state index in [-0.39, 0.29) is 23.8 Å². The van der Waals surface area contributed by atoms with Crippen molar-refractivity contribution in [1.29, 1.82) is 0 Å². The smallest absolute Gasteiger partial charge is 0.407 e. The summed E-state index contributed by atoms with van der Waals surface area (Å²) in [6.45, 7) is 0.695. The van der Waals surface area contributed by atoms with Crippen molar-refractivity contribution in [3.05, 3.63) is 95.1 Å². The first-order valence-corrected chi connectivity index (χ1v) is 10.7. The topological polar surface area (TPSA) is 84.9 Å². The predicted octanol–water partition coefficient (Wildman–Crippen LogP) is 5.12. The number of ether oxygens (including phenoxy) is 2. The van der Waals surface area contributed by atoms with E-state index in [1.165, 1.54) is 41.5 Å². The molecule has 0 aliphatic heterocycles. The van der Waals surface area contributed by atoms with Gasteiger partial charge in [0.15, 0.2) is 0 Å². The molecule has 0 fully saturated rings.